The van der Waals surface area contributed by atoms with Crippen molar-refractivity contribution in [2.45, 2.75) is 45.2 Å². The Morgan fingerprint density at radius 3 is 2.50 bits per heavy atom. The second kappa shape index (κ2) is 11.1. The minimum Gasteiger partial charge on any atom is -0.349 e. The Morgan fingerprint density at radius 2 is 1.77 bits per heavy atom. The first kappa shape index (κ1) is 26.0. The first-order valence-corrected chi connectivity index (χ1v) is 13.9. The predicted octanol–water partition coefficient (Wildman–Crippen LogP) is 5.59. The number of nitrogens with one attached hydrogen (secondary N) is 1. The molecule has 0 aliphatic heterocycles. The van der Waals surface area contributed by atoms with Crippen LogP contribution in [0.25, 0.3) is 28.0 Å². The molecule has 202 valence electrons. The van der Waals surface area contributed by atoms with Gasteiger partial charge in [0.2, 0.25) is 0 Å². The molecule has 1 amide bonds. The molecule has 5 aromatic rings. The van der Waals surface area contributed by atoms with Gasteiger partial charge in [-0.05, 0) is 81.0 Å². The average Bonchev–Trinajstić information content (AvgIpc) is 3.26. The lowest BCUT2D eigenvalue weighted by Crippen LogP contribution is -2.39. The van der Waals surface area contributed by atoms with Gasteiger partial charge in [0.05, 0.1) is 44.9 Å². The summed E-state index contributed by atoms with van der Waals surface area (Å²) >= 11 is 6.05. The Hall–Kier alpha value is -4.30. The topological polar surface area (TPSA) is 94.7 Å². The number of pyridine rings is 3. The third-order valence-corrected chi connectivity index (χ3v) is 7.93. The molecule has 0 unspecified atom stereocenters. The van der Waals surface area contributed by atoms with Crippen molar-refractivity contribution in [3.63, 3.8) is 0 Å². The van der Waals surface area contributed by atoms with E-state index in [9.17, 15) is 9.59 Å². The molecular formula is C31H29ClN6O2. The fourth-order valence-corrected chi connectivity index (χ4v) is 5.74. The first-order valence-electron chi connectivity index (χ1n) is 13.5. The quantitative estimate of drug-likeness (QED) is 0.296. The maximum Gasteiger partial charge on any atom is 0.333 e. The molecule has 9 heteroatoms. The molecule has 4 heterocycles. The van der Waals surface area contributed by atoms with Crippen LogP contribution in [0.1, 0.15) is 41.7 Å². The predicted molar refractivity (Wildman–Crippen MR) is 156 cm³/mol. The Morgan fingerprint density at radius 1 is 0.975 bits per heavy atom. The molecular weight excluding hydrogens is 524 g/mol. The van der Waals surface area contributed by atoms with Gasteiger partial charge in [0, 0.05) is 36.7 Å². The van der Waals surface area contributed by atoms with Crippen LogP contribution < -0.4 is 11.0 Å². The van der Waals surface area contributed by atoms with Crippen LogP contribution in [-0.2, 0) is 6.54 Å². The van der Waals surface area contributed by atoms with Gasteiger partial charge in [-0.2, -0.15) is 0 Å². The summed E-state index contributed by atoms with van der Waals surface area (Å²) in [5, 5.41) is 3.60. The summed E-state index contributed by atoms with van der Waals surface area (Å²) in [5.74, 6) is 0.198. The van der Waals surface area contributed by atoms with E-state index in [1.165, 1.54) is 0 Å². The van der Waals surface area contributed by atoms with Crippen molar-refractivity contribution in [2.24, 2.45) is 5.92 Å². The summed E-state index contributed by atoms with van der Waals surface area (Å²) in [6.07, 6.45) is 10.4. The van der Waals surface area contributed by atoms with Crippen molar-refractivity contribution >= 4 is 28.5 Å². The molecule has 0 atom stereocenters. The lowest BCUT2D eigenvalue weighted by atomic mass is 9.85. The molecule has 0 saturated heterocycles. The van der Waals surface area contributed by atoms with E-state index in [4.69, 9.17) is 11.6 Å². The minimum atomic E-state index is -0.140. The van der Waals surface area contributed by atoms with Crippen LogP contribution in [0.3, 0.4) is 0 Å². The highest BCUT2D eigenvalue weighted by molar-refractivity contribution is 6.30. The largest absolute Gasteiger partial charge is 0.349 e. The summed E-state index contributed by atoms with van der Waals surface area (Å²) in [4.78, 5) is 39.5. The number of aromatic nitrogens is 5. The summed E-state index contributed by atoms with van der Waals surface area (Å²) < 4.78 is 3.62. The highest BCUT2D eigenvalue weighted by Gasteiger charge is 2.25. The summed E-state index contributed by atoms with van der Waals surface area (Å²) in [6.45, 7) is 2.44. The van der Waals surface area contributed by atoms with E-state index in [1.807, 2.05) is 60.0 Å². The molecule has 1 aromatic carbocycles. The van der Waals surface area contributed by atoms with Crippen molar-refractivity contribution in [1.82, 2.24) is 29.4 Å². The number of halogens is 1. The van der Waals surface area contributed by atoms with E-state index in [0.717, 1.165) is 53.7 Å². The highest BCUT2D eigenvalue weighted by atomic mass is 35.5. The van der Waals surface area contributed by atoms with E-state index in [2.05, 4.69) is 20.3 Å². The van der Waals surface area contributed by atoms with Gasteiger partial charge in [0.25, 0.3) is 5.91 Å². The number of hydrogen-bond donors (Lipinski definition) is 1. The number of hydrogen-bond acceptors (Lipinski definition) is 5. The van der Waals surface area contributed by atoms with Gasteiger partial charge in [0.15, 0.2) is 0 Å². The van der Waals surface area contributed by atoms with Gasteiger partial charge in [-0.3, -0.25) is 28.9 Å². The van der Waals surface area contributed by atoms with Crippen molar-refractivity contribution in [3.8, 4) is 16.9 Å². The zero-order valence-corrected chi connectivity index (χ0v) is 22.9. The van der Waals surface area contributed by atoms with E-state index < -0.39 is 0 Å². The monoisotopic (exact) mass is 552 g/mol. The second-order valence-electron chi connectivity index (χ2n) is 10.3. The lowest BCUT2D eigenvalue weighted by Gasteiger charge is -2.29. The lowest BCUT2D eigenvalue weighted by molar-refractivity contribution is 0.0919. The molecule has 1 fully saturated rings. The molecule has 8 nitrogen and oxygen atoms in total. The molecule has 1 saturated carbocycles. The Kier molecular flexibility index (Phi) is 7.17. The molecule has 0 spiro atoms. The summed E-state index contributed by atoms with van der Waals surface area (Å²) in [5.41, 5.74) is 5.32. The van der Waals surface area contributed by atoms with Gasteiger partial charge in [-0.1, -0.05) is 23.7 Å². The number of nitrogens with zero attached hydrogens (tertiary/aromatic N) is 5. The number of amides is 1. The molecule has 0 bridgehead atoms. The zero-order valence-electron chi connectivity index (χ0n) is 22.1. The SMILES string of the molecule is Cc1ncc(Cl)cc1C(=O)NC1CCC(Cn2c(=O)n(-c3ccc(-c4cccnc4)nc3)c3ccccc32)CC1. The number of carbonyl (C=O) groups excluding carboxylic acids is 1. The molecule has 4 aromatic heterocycles. The van der Waals surface area contributed by atoms with Crippen LogP contribution in [0.4, 0.5) is 0 Å². The smallest absolute Gasteiger partial charge is 0.333 e. The van der Waals surface area contributed by atoms with E-state index in [-0.39, 0.29) is 17.6 Å². The zero-order chi connectivity index (χ0) is 27.6. The molecule has 0 radical (unpaired) electrons. The van der Waals surface area contributed by atoms with Crippen molar-refractivity contribution < 1.29 is 4.79 Å². The maximum atomic E-state index is 13.8. The number of aryl methyl sites for hydroxylation is 1. The van der Waals surface area contributed by atoms with Crippen molar-refractivity contribution in [3.05, 3.63) is 106 Å². The van der Waals surface area contributed by atoms with Crippen LogP contribution in [0.2, 0.25) is 5.02 Å². The fraction of sp³-hybridized carbons (Fsp3) is 0.258. The molecule has 1 aliphatic rings. The normalized spacial score (nSPS) is 17.1. The minimum absolute atomic E-state index is 0.0727. The van der Waals surface area contributed by atoms with Gasteiger partial charge < -0.3 is 5.32 Å². The molecule has 40 heavy (non-hydrogen) atoms. The third kappa shape index (κ3) is 5.14. The molecule has 1 N–H and O–H groups in total. The Bertz CT molecular complexity index is 1720. The maximum absolute atomic E-state index is 13.8. The van der Waals surface area contributed by atoms with E-state index >= 15 is 0 Å². The number of fused-ring (bicyclic) bond motifs is 1. The number of rotatable bonds is 6. The van der Waals surface area contributed by atoms with Crippen LogP contribution in [0.15, 0.2) is 84.2 Å². The third-order valence-electron chi connectivity index (χ3n) is 7.72. The van der Waals surface area contributed by atoms with Gasteiger partial charge >= 0.3 is 5.69 Å². The summed E-state index contributed by atoms with van der Waals surface area (Å²) in [7, 11) is 0. The Labute approximate surface area is 236 Å². The molecule has 6 rings (SSSR count). The number of imidazole rings is 1. The number of para-hydroxylation sites is 2. The van der Waals surface area contributed by atoms with Crippen molar-refractivity contribution in [1.29, 1.82) is 0 Å². The Balaban J connectivity index is 1.18. The first-order chi connectivity index (χ1) is 19.5. The standard InChI is InChI=1S/C31H29ClN6O2/c1-20-26(15-23(32)17-34-20)30(39)36-24-10-8-21(9-11-24)19-37-28-6-2-3-7-29(28)38(31(37)40)25-12-13-27(35-18-25)22-5-4-14-33-16-22/h2-7,12-18,21,24H,8-11,19H2,1H3,(H,36,39). The van der Waals surface area contributed by atoms with Gasteiger partial charge in [0.1, 0.15) is 0 Å². The van der Waals surface area contributed by atoms with Gasteiger partial charge in [-0.25, -0.2) is 4.79 Å². The van der Waals surface area contributed by atoms with Crippen LogP contribution in [0.5, 0.6) is 0 Å². The summed E-state index contributed by atoms with van der Waals surface area (Å²) in [6, 6.07) is 17.3. The van der Waals surface area contributed by atoms with Gasteiger partial charge in [-0.15, -0.1) is 0 Å². The van der Waals surface area contributed by atoms with Crippen molar-refractivity contribution in [2.75, 3.05) is 0 Å². The average molecular weight is 553 g/mol. The van der Waals surface area contributed by atoms with Crippen LogP contribution in [-0.4, -0.2) is 36.0 Å². The highest BCUT2D eigenvalue weighted by Crippen LogP contribution is 2.28. The number of benzene rings is 1. The second-order valence-corrected chi connectivity index (χ2v) is 10.8. The molecule has 1 aliphatic carbocycles. The van der Waals surface area contributed by atoms with E-state index in [1.54, 1.807) is 35.4 Å². The van der Waals surface area contributed by atoms with E-state index in [0.29, 0.717) is 28.7 Å². The van der Waals surface area contributed by atoms with Crippen LogP contribution >= 0.6 is 11.6 Å². The fourth-order valence-electron chi connectivity index (χ4n) is 5.59. The number of carbonyl (C=O) groups is 1. The van der Waals surface area contributed by atoms with Crippen LogP contribution in [0, 0.1) is 12.8 Å².